The van der Waals surface area contributed by atoms with Gasteiger partial charge in [-0.1, -0.05) is 24.3 Å². The van der Waals surface area contributed by atoms with Crippen LogP contribution in [-0.2, 0) is 6.42 Å². The smallest absolute Gasteiger partial charge is 0.272 e. The van der Waals surface area contributed by atoms with Crippen LogP contribution in [0.3, 0.4) is 0 Å². The number of nitrogens with one attached hydrogen (secondary N) is 1. The van der Waals surface area contributed by atoms with Crippen LogP contribution in [0.25, 0.3) is 39.6 Å². The minimum absolute atomic E-state index is 0.00549. The number of benzene rings is 2. The number of fused-ring (bicyclic) bond motifs is 3. The summed E-state index contributed by atoms with van der Waals surface area (Å²) in [6.45, 7) is 0. The summed E-state index contributed by atoms with van der Waals surface area (Å²) in [4.78, 5) is 22.9. The summed E-state index contributed by atoms with van der Waals surface area (Å²) in [7, 11) is 0. The number of hydrogen-bond acceptors (Lipinski definition) is 5. The van der Waals surface area contributed by atoms with Crippen molar-refractivity contribution in [3.63, 3.8) is 0 Å². The Labute approximate surface area is 191 Å². The summed E-state index contributed by atoms with van der Waals surface area (Å²) in [5, 5.41) is 6.87. The summed E-state index contributed by atoms with van der Waals surface area (Å²) in [5.41, 5.74) is 10.5. The maximum Gasteiger partial charge on any atom is 0.272 e. The molecule has 0 unspecified atom stereocenters. The Morgan fingerprint density at radius 1 is 0.971 bits per heavy atom. The second kappa shape index (κ2) is 7.58. The van der Waals surface area contributed by atoms with Gasteiger partial charge in [0, 0.05) is 5.56 Å². The molecule has 7 nitrogen and oxygen atoms in total. The Hall–Kier alpha value is -4.40. The summed E-state index contributed by atoms with van der Waals surface area (Å²) >= 11 is 0. The van der Waals surface area contributed by atoms with E-state index in [1.165, 1.54) is 28.7 Å². The van der Waals surface area contributed by atoms with E-state index in [4.69, 9.17) is 10.7 Å². The van der Waals surface area contributed by atoms with Gasteiger partial charge in [0.2, 0.25) is 11.7 Å². The predicted octanol–water partition coefficient (Wildman–Crippen LogP) is 4.37. The van der Waals surface area contributed by atoms with Crippen molar-refractivity contribution < 1.29 is 8.78 Å². The van der Waals surface area contributed by atoms with Gasteiger partial charge in [-0.3, -0.25) is 4.79 Å². The van der Waals surface area contributed by atoms with Gasteiger partial charge in [0.05, 0.1) is 11.1 Å². The van der Waals surface area contributed by atoms with Crippen LogP contribution in [0.5, 0.6) is 0 Å². The van der Waals surface area contributed by atoms with Crippen molar-refractivity contribution >= 4 is 34.4 Å². The van der Waals surface area contributed by atoms with Gasteiger partial charge in [-0.2, -0.15) is 4.98 Å². The van der Waals surface area contributed by atoms with Crippen LogP contribution in [0.15, 0.2) is 53.3 Å². The minimum Gasteiger partial charge on any atom is -0.368 e. The van der Waals surface area contributed by atoms with Gasteiger partial charge in [0.25, 0.3) is 5.56 Å². The lowest BCUT2D eigenvalue weighted by Gasteiger charge is -2.23. The Kier molecular flexibility index (Phi) is 4.51. The molecule has 3 heterocycles. The number of nitrogens with two attached hydrogens (primary N) is 1. The van der Waals surface area contributed by atoms with Crippen LogP contribution in [0.4, 0.5) is 14.7 Å². The highest BCUT2D eigenvalue weighted by Crippen LogP contribution is 2.39. The third-order valence-corrected chi connectivity index (χ3v) is 6.14. The van der Waals surface area contributed by atoms with Crippen molar-refractivity contribution in [3.8, 4) is 11.1 Å². The number of anilines is 1. The van der Waals surface area contributed by atoms with Crippen LogP contribution in [0.1, 0.15) is 29.7 Å². The molecule has 0 atom stereocenters. The highest BCUT2D eigenvalue weighted by Gasteiger charge is 2.26. The second-order valence-corrected chi connectivity index (χ2v) is 8.25. The molecule has 0 radical (unpaired) electrons. The van der Waals surface area contributed by atoms with Crippen LogP contribution >= 0.6 is 0 Å². The van der Waals surface area contributed by atoms with Gasteiger partial charge < -0.3 is 5.73 Å². The zero-order valence-electron chi connectivity index (χ0n) is 17.8. The molecule has 0 saturated carbocycles. The zero-order chi connectivity index (χ0) is 23.4. The van der Waals surface area contributed by atoms with E-state index in [2.05, 4.69) is 15.2 Å². The van der Waals surface area contributed by atoms with E-state index in [1.54, 1.807) is 24.3 Å². The molecule has 5 aromatic rings. The van der Waals surface area contributed by atoms with Crippen LogP contribution < -0.4 is 11.3 Å². The first-order valence-corrected chi connectivity index (χ1v) is 10.8. The fourth-order valence-electron chi connectivity index (χ4n) is 4.62. The van der Waals surface area contributed by atoms with E-state index in [1.807, 2.05) is 6.08 Å². The van der Waals surface area contributed by atoms with Crippen LogP contribution in [0.2, 0.25) is 0 Å². The quantitative estimate of drug-likeness (QED) is 0.411. The monoisotopic (exact) mass is 456 g/mol. The van der Waals surface area contributed by atoms with Crippen molar-refractivity contribution in [2.24, 2.45) is 0 Å². The molecule has 9 heteroatoms. The molecule has 1 aliphatic rings. The topological polar surface area (TPSA) is 102 Å². The molecule has 3 N–H and O–H groups in total. The Bertz CT molecular complexity index is 1670. The van der Waals surface area contributed by atoms with Crippen LogP contribution in [0, 0.1) is 11.6 Å². The van der Waals surface area contributed by atoms with Crippen molar-refractivity contribution in [1.29, 1.82) is 0 Å². The SMILES string of the molecule is Nc1n[nH]c2nc3nc4c(c(-c5ccc(F)cc5)c3c(=O)n12)CCC/C4=C\c1ccc(F)cc1. The van der Waals surface area contributed by atoms with Gasteiger partial charge in [-0.05, 0) is 71.9 Å². The number of rotatable bonds is 2. The average Bonchev–Trinajstić information content (AvgIpc) is 3.21. The van der Waals surface area contributed by atoms with Gasteiger partial charge >= 0.3 is 0 Å². The number of aromatic nitrogens is 5. The summed E-state index contributed by atoms with van der Waals surface area (Å²) in [5.74, 6) is -0.493. The molecule has 3 aromatic heterocycles. The Balaban J connectivity index is 1.71. The molecule has 2 aromatic carbocycles. The largest absolute Gasteiger partial charge is 0.368 e. The van der Waals surface area contributed by atoms with Crippen molar-refractivity contribution in [3.05, 3.63) is 87.3 Å². The van der Waals surface area contributed by atoms with E-state index < -0.39 is 5.56 Å². The van der Waals surface area contributed by atoms with Gasteiger partial charge in [0.15, 0.2) is 5.65 Å². The first-order valence-electron chi connectivity index (χ1n) is 10.8. The fourth-order valence-corrected chi connectivity index (χ4v) is 4.62. The van der Waals surface area contributed by atoms with Gasteiger partial charge in [-0.25, -0.2) is 23.3 Å². The van der Waals surface area contributed by atoms with E-state index in [9.17, 15) is 13.6 Å². The summed E-state index contributed by atoms with van der Waals surface area (Å²) in [6, 6.07) is 12.3. The third kappa shape index (κ3) is 3.16. The number of halogens is 2. The lowest BCUT2D eigenvalue weighted by Crippen LogP contribution is -2.20. The molecular formula is C25H18F2N6O. The number of H-pyrrole nitrogens is 1. The maximum absolute atomic E-state index is 13.7. The molecule has 0 spiro atoms. The minimum atomic E-state index is -0.393. The molecule has 6 rings (SSSR count). The fraction of sp³-hybridized carbons (Fsp3) is 0.120. The summed E-state index contributed by atoms with van der Waals surface area (Å²) < 4.78 is 28.3. The second-order valence-electron chi connectivity index (χ2n) is 8.25. The first kappa shape index (κ1) is 20.2. The predicted molar refractivity (Wildman–Crippen MR) is 126 cm³/mol. The van der Waals surface area contributed by atoms with Crippen LogP contribution in [-0.4, -0.2) is 24.6 Å². The van der Waals surface area contributed by atoms with E-state index >= 15 is 0 Å². The molecule has 0 aliphatic heterocycles. The normalized spacial score (nSPS) is 14.7. The first-order chi connectivity index (χ1) is 16.5. The van der Waals surface area contributed by atoms with Gasteiger partial charge in [-0.15, -0.1) is 5.10 Å². The van der Waals surface area contributed by atoms with Crippen molar-refractivity contribution in [2.75, 3.05) is 5.73 Å². The summed E-state index contributed by atoms with van der Waals surface area (Å²) in [6.07, 6.45) is 4.27. The number of pyridine rings is 1. The molecule has 168 valence electrons. The highest BCUT2D eigenvalue weighted by molar-refractivity contribution is 5.98. The zero-order valence-corrected chi connectivity index (χ0v) is 17.8. The number of nitrogens with zero attached hydrogens (tertiary/aromatic N) is 4. The standard InChI is InChI=1S/C25H18F2N6O/c26-16-8-4-13(5-9-16)12-15-2-1-3-18-19(14-6-10-17(27)11-7-14)20-22(29-21(15)18)30-25-32-31-24(28)33(25)23(20)34/h4-12H,1-3H2,(H2,28,31)(H,29,30,32)/b15-12+. The average molecular weight is 456 g/mol. The van der Waals surface area contributed by atoms with Crippen molar-refractivity contribution in [1.82, 2.24) is 24.6 Å². The lowest BCUT2D eigenvalue weighted by atomic mass is 9.84. The van der Waals surface area contributed by atoms with Crippen molar-refractivity contribution in [2.45, 2.75) is 19.3 Å². The Morgan fingerprint density at radius 3 is 2.41 bits per heavy atom. The highest BCUT2D eigenvalue weighted by atomic mass is 19.1. The molecular weight excluding hydrogens is 438 g/mol. The number of aromatic amines is 1. The molecule has 0 bridgehead atoms. The Morgan fingerprint density at radius 2 is 1.68 bits per heavy atom. The third-order valence-electron chi connectivity index (χ3n) is 6.14. The molecule has 34 heavy (non-hydrogen) atoms. The maximum atomic E-state index is 13.7. The van der Waals surface area contributed by atoms with E-state index in [0.29, 0.717) is 22.9 Å². The molecule has 1 aliphatic carbocycles. The molecule has 0 amide bonds. The van der Waals surface area contributed by atoms with Gasteiger partial charge in [0.1, 0.15) is 11.6 Å². The molecule has 0 saturated heterocycles. The number of nitrogen functional groups attached to an aromatic ring is 1. The van der Waals surface area contributed by atoms with E-state index in [0.717, 1.165) is 35.2 Å². The number of allylic oxidation sites excluding steroid dienone is 1. The number of hydrogen-bond donors (Lipinski definition) is 2. The van der Waals surface area contributed by atoms with E-state index in [-0.39, 0.29) is 29.0 Å². The molecule has 0 fully saturated rings. The lowest BCUT2D eigenvalue weighted by molar-refractivity contribution is 0.627.